The second-order valence-electron chi connectivity index (χ2n) is 37.2. The van der Waals surface area contributed by atoms with Gasteiger partial charge in [0.1, 0.15) is 63.4 Å². The number of aromatic nitrogens is 11. The molecule has 6 N–H and O–H groups in total. The van der Waals surface area contributed by atoms with E-state index in [4.69, 9.17) is 28.4 Å². The Labute approximate surface area is 827 Å². The SMILES string of the molecule is CCS(=O)(=O)Cc1ccc(OC2CCOCC2)c(-c2cc(C)c3c(=O)[nH]ncn23)c1.Cc1cc(-c2cc(CS(C)(=O)=O)ccc2CC2CCOCC2)n2cc[nH]c(=O)c12.Cc1cc(-c2cc(CS(C)(=O)=O)ccc2OC2CCOCC2)n2cc[nH]c(=O)c12.Cc1cc(-c2cc(CS(C)(=O)=O)ccc2OCC2CC2)n2cc[nH]c(=O)c12.Cc1cc(-c2cc(S(C)(=O)=O)ccc2Nc2ccccc2)n2cc[nH]c(=O)c12. The Hall–Kier alpha value is -13.5. The van der Waals surface area contributed by atoms with Gasteiger partial charge >= 0.3 is 0 Å². The molecule has 1 saturated carbocycles. The van der Waals surface area contributed by atoms with E-state index in [1.807, 2.05) is 169 Å². The fraction of sp³-hybridized carbons (Fsp3) is 0.333. The van der Waals surface area contributed by atoms with Crippen molar-refractivity contribution in [3.63, 3.8) is 0 Å². The maximum Gasteiger partial charge on any atom is 0.288 e. The quantitative estimate of drug-likeness (QED) is 0.0293. The monoisotopic (exact) mass is 2040 g/mol. The van der Waals surface area contributed by atoms with E-state index in [1.54, 1.807) is 102 Å². The van der Waals surface area contributed by atoms with Gasteiger partial charge in [0.2, 0.25) is 0 Å². The van der Waals surface area contributed by atoms with Crippen LogP contribution in [0.3, 0.4) is 0 Å². The minimum Gasteiger partial charge on any atom is -0.493 e. The van der Waals surface area contributed by atoms with Crippen LogP contribution >= 0.6 is 0 Å². The van der Waals surface area contributed by atoms with E-state index in [-0.39, 0.29) is 73.7 Å². The van der Waals surface area contributed by atoms with Gasteiger partial charge in [-0.3, -0.25) is 28.4 Å². The summed E-state index contributed by atoms with van der Waals surface area (Å²) in [5.41, 5.74) is 19.7. The van der Waals surface area contributed by atoms with Gasteiger partial charge in [-0.05, 0) is 237 Å². The van der Waals surface area contributed by atoms with E-state index < -0.39 is 49.2 Å². The summed E-state index contributed by atoms with van der Waals surface area (Å²) >= 11 is 0. The van der Waals surface area contributed by atoms with Crippen LogP contribution in [0.15, 0.2) is 236 Å². The zero-order valence-corrected chi connectivity index (χ0v) is 85.2. The average molecular weight is 2040 g/mol. The van der Waals surface area contributed by atoms with E-state index in [0.29, 0.717) is 112 Å². The molecule has 3 aliphatic heterocycles. The topological polar surface area (TPSA) is 437 Å². The maximum absolute atomic E-state index is 12.3. The van der Waals surface area contributed by atoms with Crippen molar-refractivity contribution in [2.45, 2.75) is 139 Å². The third-order valence-electron chi connectivity index (χ3n) is 25.5. The Morgan fingerprint density at radius 2 is 0.755 bits per heavy atom. The number of aromatic amines is 5. The van der Waals surface area contributed by atoms with Crippen LogP contribution in [0.1, 0.15) is 114 Å². The molecule has 0 bridgehead atoms. The number of ether oxygens (including phenoxy) is 6. The molecule has 0 unspecified atom stereocenters. The molecule has 4 aliphatic rings. The third-order valence-corrected chi connectivity index (χ3v) is 30.9. The first-order chi connectivity index (χ1) is 68.2. The number of anilines is 2. The number of hydrogen-bond donors (Lipinski definition) is 6. The molecule has 16 aromatic rings. The summed E-state index contributed by atoms with van der Waals surface area (Å²) in [6, 6.07) is 46.6. The first kappa shape index (κ1) is 102. The average Bonchev–Trinajstić information content (AvgIpc) is 1.64. The van der Waals surface area contributed by atoms with Gasteiger partial charge in [-0.2, -0.15) is 5.10 Å². The van der Waals surface area contributed by atoms with E-state index in [1.165, 1.54) is 43.4 Å². The number of fused-ring (bicyclic) bond motifs is 5. The Morgan fingerprint density at radius 3 is 1.17 bits per heavy atom. The molecule has 20 rings (SSSR count). The van der Waals surface area contributed by atoms with Crippen molar-refractivity contribution in [3.8, 4) is 73.5 Å². The Kier molecular flexibility index (Phi) is 31.1. The first-order valence-electron chi connectivity index (χ1n) is 47.1. The van der Waals surface area contributed by atoms with Crippen LogP contribution in [-0.2, 0) is 92.8 Å². The zero-order valence-electron chi connectivity index (χ0n) is 81.1. The molecule has 6 aromatic carbocycles. The van der Waals surface area contributed by atoms with Crippen LogP contribution in [0.25, 0.3) is 83.9 Å². The number of aryl methyl sites for hydroxylation is 5. The highest BCUT2D eigenvalue weighted by molar-refractivity contribution is 7.91. The van der Waals surface area contributed by atoms with E-state index in [9.17, 15) is 66.1 Å². The lowest BCUT2D eigenvalue weighted by molar-refractivity contribution is 0.0255. The second-order valence-corrected chi connectivity index (χ2v) is 48.0. The molecule has 38 heteroatoms. The predicted molar refractivity (Wildman–Crippen MR) is 555 cm³/mol. The summed E-state index contributed by atoms with van der Waals surface area (Å²) in [4.78, 5) is 72.4. The molecule has 13 heterocycles. The summed E-state index contributed by atoms with van der Waals surface area (Å²) in [6.07, 6.45) is 28.6. The molecule has 0 radical (unpaired) electrons. The largest absolute Gasteiger partial charge is 0.493 e. The Morgan fingerprint density at radius 1 is 0.385 bits per heavy atom. The van der Waals surface area contributed by atoms with Crippen molar-refractivity contribution < 1.29 is 70.5 Å². The number of hydrogen-bond acceptors (Lipinski definition) is 23. The van der Waals surface area contributed by atoms with Gasteiger partial charge < -0.3 is 71.3 Å². The van der Waals surface area contributed by atoms with Gasteiger partial charge in [-0.1, -0.05) is 55.5 Å². The molecule has 0 amide bonds. The van der Waals surface area contributed by atoms with Crippen molar-refractivity contribution in [1.29, 1.82) is 0 Å². The molecule has 0 atom stereocenters. The molecule has 10 aromatic heterocycles. The fourth-order valence-electron chi connectivity index (χ4n) is 18.5. The third kappa shape index (κ3) is 25.1. The lowest BCUT2D eigenvalue weighted by atomic mass is 9.89. The highest BCUT2D eigenvalue weighted by Crippen LogP contribution is 2.42. The van der Waals surface area contributed by atoms with E-state index >= 15 is 0 Å². The van der Waals surface area contributed by atoms with Crippen LogP contribution in [0.2, 0.25) is 0 Å². The normalized spacial score (nSPS) is 14.7. The van der Waals surface area contributed by atoms with Crippen LogP contribution in [0.4, 0.5) is 11.4 Å². The Bertz CT molecular complexity index is 8210. The molecule has 33 nitrogen and oxygen atoms in total. The predicted octanol–water partition coefficient (Wildman–Crippen LogP) is 15.0. The number of H-pyrrole nitrogens is 5. The summed E-state index contributed by atoms with van der Waals surface area (Å²) < 4.78 is 163. The summed E-state index contributed by atoms with van der Waals surface area (Å²) in [6.45, 7) is 15.9. The van der Waals surface area contributed by atoms with Crippen LogP contribution < -0.4 is 47.3 Å². The number of para-hydroxylation sites is 1. The van der Waals surface area contributed by atoms with Gasteiger partial charge in [-0.25, -0.2) is 47.2 Å². The smallest absolute Gasteiger partial charge is 0.288 e. The number of nitrogens with zero attached hydrogens (tertiary/aromatic N) is 6. The van der Waals surface area contributed by atoms with Gasteiger partial charge in [0.05, 0.1) is 89.4 Å². The lowest BCUT2D eigenvalue weighted by Gasteiger charge is -2.25. The molecule has 143 heavy (non-hydrogen) atoms. The molecule has 0 spiro atoms. The second kappa shape index (κ2) is 43.4. The van der Waals surface area contributed by atoms with Crippen molar-refractivity contribution >= 4 is 88.1 Å². The Balaban J connectivity index is 0.000000128. The first-order valence-corrected chi connectivity index (χ1v) is 57.0. The number of sulfone groups is 5. The number of nitrogens with one attached hydrogen (secondary N) is 6. The summed E-state index contributed by atoms with van der Waals surface area (Å²) in [5.74, 6) is 3.12. The minimum absolute atomic E-state index is 0.000418. The highest BCUT2D eigenvalue weighted by Gasteiger charge is 2.29. The fourth-order valence-corrected chi connectivity index (χ4v) is 22.4. The van der Waals surface area contributed by atoms with E-state index in [2.05, 4.69) is 35.5 Å². The van der Waals surface area contributed by atoms with Gasteiger partial charge in [0, 0.05) is 158 Å². The summed E-state index contributed by atoms with van der Waals surface area (Å²) in [5, 5.41) is 9.73. The number of benzene rings is 6. The molecule has 752 valence electrons. The van der Waals surface area contributed by atoms with Gasteiger partial charge in [-0.15, -0.1) is 0 Å². The zero-order chi connectivity index (χ0) is 102. The van der Waals surface area contributed by atoms with Gasteiger partial charge in [0.15, 0.2) is 49.2 Å². The minimum atomic E-state index is -3.38. The van der Waals surface area contributed by atoms with Gasteiger partial charge in [0.25, 0.3) is 27.8 Å². The standard InChI is InChI=1S/C22H26N2O4S.C21H25N3O5S.C21H19N3O3S.C21H24N2O5S.C20H22N2O4S/c1-15-11-20(24-8-7-23-22(25)21(15)24)19-13-17(14-29(2,26)27)3-4-18(19)12-16-5-9-28-10-6-16;1-3-30(26,27)12-15-4-5-19(29-16-6-8-28-9-7-16)17(11-15)18-10-14(2)20-21(25)23-22-13-24(18)20;1-14-12-19(24-11-10-22-21(25)20(14)24)17-13-16(28(2,26)27)8-9-18(17)23-15-6-4-3-5-7-15;1-14-11-18(23-8-7-22-21(24)20(14)23)17-12-15(13-29(2,25)26)3-4-19(17)28-16-5-9-27-10-6-16;1-13-9-17(22-8-7-21-20(23)19(13)22)16-10-15(12-27(2,24)25)5-6-18(16)26-11-14-3-4-14/h3-4,7-8,11,13,16H,5-6,9-10,12,14H2,1-2H3,(H,23,25);4-5,10-11,13,16H,3,6-9,12H2,1-2H3,(H,23,25);3-13,23H,1-2H3,(H,22,25);3-4,7-8,11-12,16H,5-6,9-10,13H2,1-2H3,(H,22,24);5-10,14H,3-4,11-12H2,1-2H3,(H,21,23). The van der Waals surface area contributed by atoms with Crippen molar-refractivity contribution in [1.82, 2.24) is 52.1 Å². The van der Waals surface area contributed by atoms with Crippen molar-refractivity contribution in [2.75, 3.05) is 82.3 Å². The van der Waals surface area contributed by atoms with Crippen molar-refractivity contribution in [3.05, 3.63) is 315 Å². The highest BCUT2D eigenvalue weighted by atomic mass is 32.2. The van der Waals surface area contributed by atoms with Crippen LogP contribution in [-0.4, -0.2) is 183 Å². The lowest BCUT2D eigenvalue weighted by Crippen LogP contribution is -2.26. The van der Waals surface area contributed by atoms with Crippen molar-refractivity contribution in [2.24, 2.45) is 11.8 Å². The molecular weight excluding hydrogens is 1930 g/mol. The molecule has 3 saturated heterocycles. The van der Waals surface area contributed by atoms with Crippen LogP contribution in [0.5, 0.6) is 17.2 Å². The molecule has 4 fully saturated rings. The maximum atomic E-state index is 12.3. The summed E-state index contributed by atoms with van der Waals surface area (Å²) in [7, 11) is -16.0. The number of rotatable bonds is 26. The molecule has 1 aliphatic carbocycles. The van der Waals surface area contributed by atoms with E-state index in [0.717, 1.165) is 154 Å². The van der Waals surface area contributed by atoms with Crippen LogP contribution in [0, 0.1) is 46.5 Å². The molecular formula is C105H116N12O21S5.